The van der Waals surface area contributed by atoms with Gasteiger partial charge in [0.25, 0.3) is 0 Å². The maximum atomic E-state index is 11.8. The van der Waals surface area contributed by atoms with Crippen molar-refractivity contribution in [1.29, 1.82) is 0 Å². The van der Waals surface area contributed by atoms with E-state index in [4.69, 9.17) is 4.74 Å². The molecule has 1 rings (SSSR count). The summed E-state index contributed by atoms with van der Waals surface area (Å²) in [6, 6.07) is 0. The first-order valence-electron chi connectivity index (χ1n) is 8.87. The van der Waals surface area contributed by atoms with Crippen LogP contribution in [0.1, 0.15) is 71.1 Å². The number of ether oxygens (including phenoxy) is 1. The van der Waals surface area contributed by atoms with E-state index in [2.05, 4.69) is 11.9 Å². The summed E-state index contributed by atoms with van der Waals surface area (Å²) in [6.07, 6.45) is 11.5. The smallest absolute Gasteiger partial charge is 0.542 e. The van der Waals surface area contributed by atoms with Gasteiger partial charge >= 0.3 is 35.7 Å². The molecule has 0 aromatic rings. The Kier molecular flexibility index (Phi) is 14.4. The van der Waals surface area contributed by atoms with E-state index in [1.165, 1.54) is 44.9 Å². The third kappa shape index (κ3) is 9.64. The van der Waals surface area contributed by atoms with Gasteiger partial charge in [-0.15, -0.1) is 0 Å². The molecular formula is C17H29N2NaO4. The molecular weight excluding hydrogens is 319 g/mol. The van der Waals surface area contributed by atoms with E-state index >= 15 is 0 Å². The Balaban J connectivity index is 0.00000529. The molecule has 1 amide bonds. The molecule has 0 spiro atoms. The first-order valence-corrected chi connectivity index (χ1v) is 8.87. The zero-order valence-corrected chi connectivity index (χ0v) is 17.2. The standard InChI is InChI=1S/C17H30N2O4.Na/c1-2-3-4-5-6-7-8-9-10-11-14-23-17(22)19-13-12-18-15(19)16(20)21;/h2-14H2,1H3,(H,20,21);/q;+1/p-1. The number of carboxylic acid groups (broad SMARTS) is 1. The van der Waals surface area contributed by atoms with Gasteiger partial charge in [0.2, 0.25) is 0 Å². The maximum Gasteiger partial charge on any atom is 1.00 e. The van der Waals surface area contributed by atoms with E-state index in [0.29, 0.717) is 6.61 Å². The quantitative estimate of drug-likeness (QED) is 0.352. The van der Waals surface area contributed by atoms with Crippen molar-refractivity contribution in [2.45, 2.75) is 71.1 Å². The van der Waals surface area contributed by atoms with Crippen LogP contribution in [-0.4, -0.2) is 42.5 Å². The molecule has 0 atom stereocenters. The number of hydrogen-bond donors (Lipinski definition) is 0. The van der Waals surface area contributed by atoms with Crippen LogP contribution in [0.2, 0.25) is 0 Å². The van der Waals surface area contributed by atoms with Crippen LogP contribution in [-0.2, 0) is 9.53 Å². The SMILES string of the molecule is CCCCCCCCCCCCOC(=O)N1CCN=C1C(=O)[O-].[Na+]. The van der Waals surface area contributed by atoms with E-state index in [0.717, 1.165) is 24.2 Å². The van der Waals surface area contributed by atoms with Crippen LogP contribution in [0.25, 0.3) is 0 Å². The van der Waals surface area contributed by atoms with Gasteiger partial charge in [-0.3, -0.25) is 9.89 Å². The van der Waals surface area contributed by atoms with E-state index in [1.807, 2.05) is 0 Å². The van der Waals surface area contributed by atoms with Crippen LogP contribution >= 0.6 is 0 Å². The third-order valence-electron chi connectivity index (χ3n) is 3.97. The molecule has 0 fully saturated rings. The van der Waals surface area contributed by atoms with Crippen molar-refractivity contribution in [3.05, 3.63) is 0 Å². The van der Waals surface area contributed by atoms with E-state index in [-0.39, 0.29) is 48.5 Å². The summed E-state index contributed by atoms with van der Waals surface area (Å²) in [6.45, 7) is 3.09. The number of carboxylic acids is 1. The first kappa shape index (κ1) is 23.4. The molecule has 7 heteroatoms. The molecule has 6 nitrogen and oxygen atoms in total. The Labute approximate surface area is 167 Å². The van der Waals surface area contributed by atoms with Crippen LogP contribution in [0.3, 0.4) is 0 Å². The van der Waals surface area contributed by atoms with Gasteiger partial charge in [0.15, 0.2) is 5.84 Å². The minimum Gasteiger partial charge on any atom is -0.542 e. The molecule has 0 unspecified atom stereocenters. The zero-order valence-electron chi connectivity index (χ0n) is 15.2. The van der Waals surface area contributed by atoms with Gasteiger partial charge in [0.05, 0.1) is 19.7 Å². The number of rotatable bonds is 12. The first-order chi connectivity index (χ1) is 11.2. The maximum absolute atomic E-state index is 11.8. The minimum atomic E-state index is -1.43. The van der Waals surface area contributed by atoms with Crippen molar-refractivity contribution < 1.29 is 49.0 Å². The van der Waals surface area contributed by atoms with Crippen molar-refractivity contribution in [1.82, 2.24) is 4.90 Å². The number of aliphatic carboxylic acids is 1. The van der Waals surface area contributed by atoms with Gasteiger partial charge in [-0.25, -0.2) is 4.79 Å². The predicted molar refractivity (Wildman–Crippen MR) is 87.2 cm³/mol. The van der Waals surface area contributed by atoms with Crippen molar-refractivity contribution in [2.75, 3.05) is 19.7 Å². The van der Waals surface area contributed by atoms with Gasteiger partial charge < -0.3 is 14.6 Å². The van der Waals surface area contributed by atoms with Crippen molar-refractivity contribution in [3.63, 3.8) is 0 Å². The predicted octanol–water partition coefficient (Wildman–Crippen LogP) is -0.488. The number of hydrogen-bond acceptors (Lipinski definition) is 5. The fourth-order valence-electron chi connectivity index (χ4n) is 2.63. The number of aliphatic imine (C=N–C) groups is 1. The average Bonchev–Trinajstić information content (AvgIpc) is 3.02. The molecule has 0 saturated carbocycles. The van der Waals surface area contributed by atoms with Crippen molar-refractivity contribution >= 4 is 17.9 Å². The van der Waals surface area contributed by atoms with E-state index in [9.17, 15) is 14.7 Å². The molecule has 1 aliphatic rings. The van der Waals surface area contributed by atoms with Crippen LogP contribution in [0.5, 0.6) is 0 Å². The molecule has 132 valence electrons. The van der Waals surface area contributed by atoms with E-state index < -0.39 is 12.1 Å². The fraction of sp³-hybridized carbons (Fsp3) is 0.824. The summed E-state index contributed by atoms with van der Waals surface area (Å²) in [5.74, 6) is -1.75. The van der Waals surface area contributed by atoms with Crippen LogP contribution < -0.4 is 34.7 Å². The molecule has 24 heavy (non-hydrogen) atoms. The normalized spacial score (nSPS) is 13.4. The Morgan fingerprint density at radius 2 is 1.58 bits per heavy atom. The number of amides is 1. The molecule has 0 aromatic carbocycles. The van der Waals surface area contributed by atoms with Gasteiger partial charge in [-0.05, 0) is 6.42 Å². The molecule has 1 heterocycles. The average molecular weight is 348 g/mol. The van der Waals surface area contributed by atoms with Gasteiger partial charge in [-0.1, -0.05) is 64.7 Å². The Bertz CT molecular complexity index is 402. The molecule has 0 N–H and O–H groups in total. The molecule has 0 aromatic heterocycles. The van der Waals surface area contributed by atoms with Crippen molar-refractivity contribution in [2.24, 2.45) is 4.99 Å². The summed E-state index contributed by atoms with van der Waals surface area (Å²) in [4.78, 5) is 27.3. The van der Waals surface area contributed by atoms with Crippen LogP contribution in [0.15, 0.2) is 4.99 Å². The topological polar surface area (TPSA) is 82.0 Å². The van der Waals surface area contributed by atoms with Crippen molar-refractivity contribution in [3.8, 4) is 0 Å². The molecule has 0 saturated heterocycles. The Morgan fingerprint density at radius 1 is 1.04 bits per heavy atom. The number of unbranched alkanes of at least 4 members (excludes halogenated alkanes) is 9. The summed E-state index contributed by atoms with van der Waals surface area (Å²) in [5.41, 5.74) is 0. The summed E-state index contributed by atoms with van der Waals surface area (Å²) in [5, 5.41) is 10.8. The zero-order chi connectivity index (χ0) is 16.9. The second-order valence-corrected chi connectivity index (χ2v) is 5.94. The van der Waals surface area contributed by atoms with Crippen LogP contribution in [0.4, 0.5) is 4.79 Å². The van der Waals surface area contributed by atoms with Gasteiger partial charge in [0.1, 0.15) is 5.97 Å². The van der Waals surface area contributed by atoms with Gasteiger partial charge in [0, 0.05) is 0 Å². The summed E-state index contributed by atoms with van der Waals surface area (Å²) in [7, 11) is 0. The summed E-state index contributed by atoms with van der Waals surface area (Å²) < 4.78 is 5.09. The number of amidine groups is 1. The minimum absolute atomic E-state index is 0. The summed E-state index contributed by atoms with van der Waals surface area (Å²) >= 11 is 0. The Hall–Kier alpha value is -0.590. The third-order valence-corrected chi connectivity index (χ3v) is 3.97. The molecule has 0 bridgehead atoms. The number of carbonyl (C=O) groups is 2. The van der Waals surface area contributed by atoms with Gasteiger partial charge in [-0.2, -0.15) is 0 Å². The second-order valence-electron chi connectivity index (χ2n) is 5.94. The van der Waals surface area contributed by atoms with E-state index in [1.54, 1.807) is 0 Å². The second kappa shape index (κ2) is 14.7. The monoisotopic (exact) mass is 348 g/mol. The van der Waals surface area contributed by atoms with Crippen LogP contribution in [0, 0.1) is 0 Å². The Morgan fingerprint density at radius 3 is 2.12 bits per heavy atom. The molecule has 0 aliphatic carbocycles. The number of nitrogens with zero attached hydrogens (tertiary/aromatic N) is 2. The fourth-order valence-corrected chi connectivity index (χ4v) is 2.63. The molecule has 1 aliphatic heterocycles. The number of carbonyl (C=O) groups excluding carboxylic acids is 2. The molecule has 0 radical (unpaired) electrons. The largest absolute Gasteiger partial charge is 1.00 e.